The lowest BCUT2D eigenvalue weighted by Gasteiger charge is -2.33. The molecule has 0 fully saturated rings. The normalized spacial score (nSPS) is 14.8. The molecule has 1 aliphatic rings. The monoisotopic (exact) mass is 389 g/mol. The Balaban J connectivity index is 1.23. The van der Waals surface area contributed by atoms with Gasteiger partial charge in [-0.2, -0.15) is 5.10 Å². The van der Waals surface area contributed by atoms with E-state index in [1.54, 1.807) is 6.20 Å². The van der Waals surface area contributed by atoms with Gasteiger partial charge in [0.1, 0.15) is 0 Å². The Morgan fingerprint density at radius 3 is 2.66 bits per heavy atom. The lowest BCUT2D eigenvalue weighted by atomic mass is 9.99. The van der Waals surface area contributed by atoms with E-state index in [1.807, 2.05) is 41.2 Å². The predicted molar refractivity (Wildman–Crippen MR) is 115 cm³/mol. The summed E-state index contributed by atoms with van der Waals surface area (Å²) in [5.74, 6) is 0. The molecular formula is C23H27N5O. The van der Waals surface area contributed by atoms with E-state index in [2.05, 4.69) is 51.8 Å². The van der Waals surface area contributed by atoms with E-state index in [-0.39, 0.29) is 12.1 Å². The van der Waals surface area contributed by atoms with Crippen LogP contribution in [0.3, 0.4) is 0 Å². The Labute approximate surface area is 171 Å². The molecule has 4 rings (SSSR count). The van der Waals surface area contributed by atoms with Crippen molar-refractivity contribution in [1.82, 2.24) is 20.0 Å². The van der Waals surface area contributed by atoms with E-state index in [1.165, 1.54) is 11.1 Å². The van der Waals surface area contributed by atoms with Crippen LogP contribution in [-0.2, 0) is 19.5 Å². The molecule has 0 saturated heterocycles. The highest BCUT2D eigenvalue weighted by Gasteiger charge is 2.20. The molecule has 1 atom stereocenters. The number of urea groups is 1. The Bertz CT molecular complexity index is 936. The molecule has 2 N–H and O–H groups in total. The molecule has 6 heteroatoms. The van der Waals surface area contributed by atoms with E-state index in [0.29, 0.717) is 6.54 Å². The summed E-state index contributed by atoms with van der Waals surface area (Å²) >= 11 is 0. The fourth-order valence-electron chi connectivity index (χ4n) is 3.71. The summed E-state index contributed by atoms with van der Waals surface area (Å²) < 4.78 is 1.87. The van der Waals surface area contributed by atoms with Gasteiger partial charge in [-0.1, -0.05) is 36.4 Å². The van der Waals surface area contributed by atoms with Crippen molar-refractivity contribution in [3.63, 3.8) is 0 Å². The Hall–Kier alpha value is -3.12. The maximum Gasteiger partial charge on any atom is 0.319 e. The molecule has 1 aromatic heterocycles. The summed E-state index contributed by atoms with van der Waals surface area (Å²) in [7, 11) is 0. The largest absolute Gasteiger partial charge is 0.336 e. The molecule has 29 heavy (non-hydrogen) atoms. The zero-order valence-corrected chi connectivity index (χ0v) is 16.7. The van der Waals surface area contributed by atoms with Gasteiger partial charge in [-0.25, -0.2) is 4.79 Å². The zero-order chi connectivity index (χ0) is 20.1. The smallest absolute Gasteiger partial charge is 0.319 e. The van der Waals surface area contributed by atoms with Crippen molar-refractivity contribution >= 4 is 11.7 Å². The highest BCUT2D eigenvalue weighted by Crippen LogP contribution is 2.20. The molecule has 2 aromatic carbocycles. The Morgan fingerprint density at radius 1 is 1.10 bits per heavy atom. The lowest BCUT2D eigenvalue weighted by molar-refractivity contribution is 0.186. The Kier molecular flexibility index (Phi) is 5.91. The van der Waals surface area contributed by atoms with Gasteiger partial charge in [0.2, 0.25) is 0 Å². The first-order valence-electron chi connectivity index (χ1n) is 10.1. The summed E-state index contributed by atoms with van der Waals surface area (Å²) in [4.78, 5) is 14.7. The number of fused-ring (bicyclic) bond motifs is 1. The van der Waals surface area contributed by atoms with Crippen molar-refractivity contribution in [3.05, 3.63) is 83.7 Å². The molecule has 2 amide bonds. The standard InChI is InChI=1S/C23H27N5O/c1-18(27-14-11-20-5-2-3-6-21(20)17-27)15-24-23(29)26-22-9-7-19(8-10-22)16-28-13-4-12-25-28/h2-10,12-13,18H,11,14-17H2,1H3,(H2,24,26,29). The first-order valence-corrected chi connectivity index (χ1v) is 10.1. The molecule has 150 valence electrons. The van der Waals surface area contributed by atoms with Crippen molar-refractivity contribution in [2.45, 2.75) is 32.5 Å². The number of hydrogen-bond donors (Lipinski definition) is 2. The van der Waals surface area contributed by atoms with Crippen LogP contribution in [0.5, 0.6) is 0 Å². The number of amides is 2. The lowest BCUT2D eigenvalue weighted by Crippen LogP contribution is -2.45. The molecular weight excluding hydrogens is 362 g/mol. The van der Waals surface area contributed by atoms with Gasteiger partial charge >= 0.3 is 6.03 Å². The van der Waals surface area contributed by atoms with Crippen molar-refractivity contribution in [1.29, 1.82) is 0 Å². The quantitative estimate of drug-likeness (QED) is 0.678. The number of benzene rings is 2. The summed E-state index contributed by atoms with van der Waals surface area (Å²) in [6.45, 7) is 5.47. The molecule has 0 spiro atoms. The number of rotatable bonds is 6. The van der Waals surface area contributed by atoms with Crippen LogP contribution in [0.4, 0.5) is 10.5 Å². The maximum atomic E-state index is 12.3. The molecule has 0 radical (unpaired) electrons. The molecule has 2 heterocycles. The second kappa shape index (κ2) is 8.92. The van der Waals surface area contributed by atoms with Crippen LogP contribution >= 0.6 is 0 Å². The molecule has 0 aliphatic carbocycles. The molecule has 3 aromatic rings. The van der Waals surface area contributed by atoms with Crippen LogP contribution in [0.1, 0.15) is 23.6 Å². The van der Waals surface area contributed by atoms with E-state index in [9.17, 15) is 4.79 Å². The van der Waals surface area contributed by atoms with Crippen LogP contribution in [0.15, 0.2) is 67.0 Å². The number of hydrogen-bond acceptors (Lipinski definition) is 3. The van der Waals surface area contributed by atoms with Crippen LogP contribution in [-0.4, -0.2) is 39.8 Å². The Morgan fingerprint density at radius 2 is 1.90 bits per heavy atom. The van der Waals surface area contributed by atoms with E-state index in [0.717, 1.165) is 37.3 Å². The number of anilines is 1. The van der Waals surface area contributed by atoms with Gasteiger partial charge in [0.05, 0.1) is 6.54 Å². The van der Waals surface area contributed by atoms with Crippen molar-refractivity contribution in [2.24, 2.45) is 0 Å². The predicted octanol–water partition coefficient (Wildman–Crippen LogP) is 3.50. The fraction of sp³-hybridized carbons (Fsp3) is 0.304. The number of aromatic nitrogens is 2. The van der Waals surface area contributed by atoms with Crippen LogP contribution in [0, 0.1) is 0 Å². The van der Waals surface area contributed by atoms with Gasteiger partial charge in [0, 0.05) is 43.8 Å². The summed E-state index contributed by atoms with van der Waals surface area (Å²) in [6, 6.07) is 18.5. The third-order valence-corrected chi connectivity index (χ3v) is 5.46. The first kappa shape index (κ1) is 19.2. The number of carbonyl (C=O) groups is 1. The van der Waals surface area contributed by atoms with Gasteiger partial charge < -0.3 is 10.6 Å². The minimum absolute atomic E-state index is 0.172. The summed E-state index contributed by atoms with van der Waals surface area (Å²) in [5.41, 5.74) is 4.76. The molecule has 0 bridgehead atoms. The molecule has 1 unspecified atom stereocenters. The number of nitrogens with one attached hydrogen (secondary N) is 2. The van der Waals surface area contributed by atoms with Gasteiger partial charge in [-0.3, -0.25) is 9.58 Å². The minimum Gasteiger partial charge on any atom is -0.336 e. The van der Waals surface area contributed by atoms with Gasteiger partial charge in [-0.15, -0.1) is 0 Å². The van der Waals surface area contributed by atoms with Crippen LogP contribution in [0.25, 0.3) is 0 Å². The number of carbonyl (C=O) groups excluding carboxylic acids is 1. The average Bonchev–Trinajstić information content (AvgIpc) is 3.26. The minimum atomic E-state index is -0.172. The highest BCUT2D eigenvalue weighted by atomic mass is 16.2. The molecule has 0 saturated carbocycles. The van der Waals surface area contributed by atoms with E-state index in [4.69, 9.17) is 0 Å². The van der Waals surface area contributed by atoms with Gasteiger partial charge in [0.25, 0.3) is 0 Å². The van der Waals surface area contributed by atoms with Crippen molar-refractivity contribution < 1.29 is 4.79 Å². The van der Waals surface area contributed by atoms with E-state index >= 15 is 0 Å². The van der Waals surface area contributed by atoms with Gasteiger partial charge in [0.15, 0.2) is 0 Å². The summed E-state index contributed by atoms with van der Waals surface area (Å²) in [6.07, 6.45) is 4.77. The highest BCUT2D eigenvalue weighted by molar-refractivity contribution is 5.89. The topological polar surface area (TPSA) is 62.2 Å². The van der Waals surface area contributed by atoms with Crippen molar-refractivity contribution in [2.75, 3.05) is 18.4 Å². The number of nitrogens with zero attached hydrogens (tertiary/aromatic N) is 3. The third kappa shape index (κ3) is 5.03. The zero-order valence-electron chi connectivity index (χ0n) is 16.7. The van der Waals surface area contributed by atoms with Crippen LogP contribution < -0.4 is 10.6 Å². The fourth-order valence-corrected chi connectivity index (χ4v) is 3.71. The summed E-state index contributed by atoms with van der Waals surface area (Å²) in [5, 5.41) is 10.1. The SMILES string of the molecule is CC(CNC(=O)Nc1ccc(Cn2cccn2)cc1)N1CCc2ccccc2C1. The van der Waals surface area contributed by atoms with E-state index < -0.39 is 0 Å². The van der Waals surface area contributed by atoms with Crippen molar-refractivity contribution in [3.8, 4) is 0 Å². The maximum absolute atomic E-state index is 12.3. The van der Waals surface area contributed by atoms with Crippen LogP contribution in [0.2, 0.25) is 0 Å². The van der Waals surface area contributed by atoms with Gasteiger partial charge in [-0.05, 0) is 48.2 Å². The third-order valence-electron chi connectivity index (χ3n) is 5.46. The first-order chi connectivity index (χ1) is 14.2. The molecule has 1 aliphatic heterocycles. The molecule has 6 nitrogen and oxygen atoms in total. The second-order valence-corrected chi connectivity index (χ2v) is 7.57. The second-order valence-electron chi connectivity index (χ2n) is 7.57. The average molecular weight is 390 g/mol.